The lowest BCUT2D eigenvalue weighted by Crippen LogP contribution is -2.43. The molecule has 0 atom stereocenters. The van der Waals surface area contributed by atoms with Crippen LogP contribution in [0, 0.1) is 10.8 Å². The van der Waals surface area contributed by atoms with Crippen molar-refractivity contribution in [2.45, 2.75) is 64.2 Å². The van der Waals surface area contributed by atoms with Gasteiger partial charge in [-0.05, 0) is 49.9 Å². The number of carboxylic acid groups (broad SMARTS) is 2. The van der Waals surface area contributed by atoms with E-state index in [1.54, 1.807) is 0 Å². The minimum absolute atomic E-state index is 0.0884. The van der Waals surface area contributed by atoms with Gasteiger partial charge in [-0.2, -0.15) is 0 Å². The number of hydrogen-bond acceptors (Lipinski definition) is 8. The number of carboxylic acids is 2. The molecule has 1 aromatic carbocycles. The molecule has 3 rings (SSSR count). The molecule has 10 heteroatoms. The summed E-state index contributed by atoms with van der Waals surface area (Å²) in [5.74, 6) is -7.04. The van der Waals surface area contributed by atoms with Crippen LogP contribution in [0.15, 0.2) is 24.3 Å². The molecule has 0 aromatic heterocycles. The van der Waals surface area contributed by atoms with Crippen LogP contribution in [-0.4, -0.2) is 46.0 Å². The van der Waals surface area contributed by atoms with Crippen molar-refractivity contribution in [2.75, 3.05) is 0 Å². The number of carbonyl (C=O) groups is 6. The van der Waals surface area contributed by atoms with Crippen molar-refractivity contribution in [3.8, 4) is 0 Å². The third-order valence-electron chi connectivity index (χ3n) is 6.74. The Bertz CT molecular complexity index is 914. The molecule has 34 heavy (non-hydrogen) atoms. The Kier molecular flexibility index (Phi) is 7.48. The van der Waals surface area contributed by atoms with Crippen LogP contribution in [-0.2, 0) is 28.7 Å². The number of esters is 4. The zero-order valence-electron chi connectivity index (χ0n) is 18.5. The zero-order valence-corrected chi connectivity index (χ0v) is 18.5. The highest BCUT2D eigenvalue weighted by molar-refractivity contribution is 6.07. The van der Waals surface area contributed by atoms with Crippen LogP contribution in [0.5, 0.6) is 0 Å². The van der Waals surface area contributed by atoms with Crippen molar-refractivity contribution in [1.82, 2.24) is 0 Å². The van der Waals surface area contributed by atoms with Gasteiger partial charge in [-0.1, -0.05) is 38.5 Å². The number of hydrogen-bond donors (Lipinski definition) is 2. The Morgan fingerprint density at radius 1 is 0.559 bits per heavy atom. The van der Waals surface area contributed by atoms with E-state index < -0.39 is 46.6 Å². The molecule has 182 valence electrons. The molecular weight excluding hydrogens is 448 g/mol. The Morgan fingerprint density at radius 2 is 0.853 bits per heavy atom. The van der Waals surface area contributed by atoms with Gasteiger partial charge in [-0.3, -0.25) is 19.2 Å². The SMILES string of the molecule is O=C(OC(=O)C1(C(=O)O)CCCCC1)c1ccc(C(=O)OC(=O)C2(C(=O)O)CCCCC2)cc1. The molecule has 2 N–H and O–H groups in total. The molecule has 0 amide bonds. The summed E-state index contributed by atoms with van der Waals surface area (Å²) in [6, 6.07) is 4.66. The van der Waals surface area contributed by atoms with E-state index in [2.05, 4.69) is 0 Å². The van der Waals surface area contributed by atoms with Gasteiger partial charge in [-0.15, -0.1) is 0 Å². The molecular formula is C24H26O10. The van der Waals surface area contributed by atoms with E-state index in [1.807, 2.05) is 0 Å². The van der Waals surface area contributed by atoms with E-state index >= 15 is 0 Å². The topological polar surface area (TPSA) is 161 Å². The molecule has 0 spiro atoms. The second-order valence-corrected chi connectivity index (χ2v) is 8.83. The van der Waals surface area contributed by atoms with E-state index in [1.165, 1.54) is 24.3 Å². The van der Waals surface area contributed by atoms with Crippen molar-refractivity contribution < 1.29 is 48.5 Å². The molecule has 2 aliphatic carbocycles. The second kappa shape index (κ2) is 10.1. The van der Waals surface area contributed by atoms with Crippen molar-refractivity contribution in [1.29, 1.82) is 0 Å². The molecule has 2 saturated carbocycles. The van der Waals surface area contributed by atoms with Gasteiger partial charge in [0.05, 0.1) is 11.1 Å². The van der Waals surface area contributed by atoms with Gasteiger partial charge in [0.1, 0.15) is 0 Å². The molecule has 0 unspecified atom stereocenters. The van der Waals surface area contributed by atoms with Gasteiger partial charge in [0.25, 0.3) is 0 Å². The summed E-state index contributed by atoms with van der Waals surface area (Å²) in [5.41, 5.74) is -3.72. The lowest BCUT2D eigenvalue weighted by molar-refractivity contribution is -0.169. The molecule has 1 aromatic rings. The van der Waals surface area contributed by atoms with Crippen LogP contribution in [0.1, 0.15) is 84.9 Å². The quantitative estimate of drug-likeness (QED) is 0.463. The predicted molar refractivity (Wildman–Crippen MR) is 114 cm³/mol. The summed E-state index contributed by atoms with van der Waals surface area (Å²) in [5, 5.41) is 19.1. The van der Waals surface area contributed by atoms with Gasteiger partial charge in [0, 0.05) is 0 Å². The first kappa shape index (κ1) is 25.1. The normalized spacial score (nSPS) is 18.8. The van der Waals surface area contributed by atoms with Crippen LogP contribution in [0.25, 0.3) is 0 Å². The summed E-state index contributed by atoms with van der Waals surface area (Å²) in [4.78, 5) is 73.1. The van der Waals surface area contributed by atoms with Crippen molar-refractivity contribution in [3.05, 3.63) is 35.4 Å². The maximum Gasteiger partial charge on any atom is 0.345 e. The first-order valence-corrected chi connectivity index (χ1v) is 11.2. The minimum atomic E-state index is -1.75. The Labute approximate surface area is 195 Å². The molecule has 0 saturated heterocycles. The second-order valence-electron chi connectivity index (χ2n) is 8.83. The molecule has 2 aliphatic rings. The van der Waals surface area contributed by atoms with E-state index in [4.69, 9.17) is 9.47 Å². The molecule has 0 aliphatic heterocycles. The fourth-order valence-corrected chi connectivity index (χ4v) is 4.55. The van der Waals surface area contributed by atoms with Crippen molar-refractivity contribution in [2.24, 2.45) is 10.8 Å². The Morgan fingerprint density at radius 3 is 1.12 bits per heavy atom. The fraction of sp³-hybridized carbons (Fsp3) is 0.500. The minimum Gasteiger partial charge on any atom is -0.480 e. The maximum atomic E-state index is 12.5. The maximum absolute atomic E-state index is 12.5. The highest BCUT2D eigenvalue weighted by atomic mass is 16.6. The number of benzene rings is 1. The highest BCUT2D eigenvalue weighted by Crippen LogP contribution is 2.39. The Balaban J connectivity index is 1.66. The molecule has 0 radical (unpaired) electrons. The average Bonchev–Trinajstić information content (AvgIpc) is 2.84. The fourth-order valence-electron chi connectivity index (χ4n) is 4.55. The first-order chi connectivity index (χ1) is 16.1. The van der Waals surface area contributed by atoms with E-state index in [9.17, 15) is 39.0 Å². The van der Waals surface area contributed by atoms with Crippen molar-refractivity contribution in [3.63, 3.8) is 0 Å². The molecule has 2 fully saturated rings. The van der Waals surface area contributed by atoms with Gasteiger partial charge < -0.3 is 19.7 Å². The summed E-state index contributed by atoms with van der Waals surface area (Å²) in [6.07, 6.45) is 4.09. The van der Waals surface area contributed by atoms with Crippen LogP contribution in [0.3, 0.4) is 0 Å². The first-order valence-electron chi connectivity index (χ1n) is 11.2. The third-order valence-corrected chi connectivity index (χ3v) is 6.74. The van der Waals surface area contributed by atoms with E-state index in [0.717, 1.165) is 12.8 Å². The lowest BCUT2D eigenvalue weighted by Gasteiger charge is -2.30. The van der Waals surface area contributed by atoms with Crippen molar-refractivity contribution >= 4 is 35.8 Å². The Hall–Kier alpha value is -3.56. The van der Waals surface area contributed by atoms with Crippen LogP contribution < -0.4 is 0 Å². The summed E-state index contributed by atoms with van der Waals surface area (Å²) in [6.45, 7) is 0. The molecule has 10 nitrogen and oxygen atoms in total. The van der Waals surface area contributed by atoms with Crippen LogP contribution in [0.2, 0.25) is 0 Å². The van der Waals surface area contributed by atoms with E-state index in [-0.39, 0.29) is 36.8 Å². The smallest absolute Gasteiger partial charge is 0.345 e. The van der Waals surface area contributed by atoms with Gasteiger partial charge in [0.15, 0.2) is 10.8 Å². The zero-order chi connectivity index (χ0) is 24.9. The standard InChI is InChI=1S/C24H26O10/c25-17(33-21(31)23(19(27)28)11-3-1-4-12-23)15-7-9-16(10-8-15)18(26)34-22(32)24(20(29)30)13-5-2-6-14-24/h7-10H,1-6,11-14H2,(H,27,28)(H,29,30). The monoisotopic (exact) mass is 474 g/mol. The number of carbonyl (C=O) groups excluding carboxylic acids is 4. The van der Waals surface area contributed by atoms with E-state index in [0.29, 0.717) is 25.7 Å². The predicted octanol–water partition coefficient (Wildman–Crippen LogP) is 3.12. The van der Waals surface area contributed by atoms with Crippen LogP contribution in [0.4, 0.5) is 0 Å². The highest BCUT2D eigenvalue weighted by Gasteiger charge is 2.50. The summed E-state index contributed by atoms with van der Waals surface area (Å²) < 4.78 is 9.66. The number of rotatable bonds is 6. The lowest BCUT2D eigenvalue weighted by atomic mass is 9.74. The van der Waals surface area contributed by atoms with Gasteiger partial charge in [-0.25, -0.2) is 9.59 Å². The van der Waals surface area contributed by atoms with Crippen LogP contribution >= 0.6 is 0 Å². The van der Waals surface area contributed by atoms with Gasteiger partial charge >= 0.3 is 35.8 Å². The number of ether oxygens (including phenoxy) is 2. The van der Waals surface area contributed by atoms with Gasteiger partial charge in [0.2, 0.25) is 0 Å². The largest absolute Gasteiger partial charge is 0.480 e. The summed E-state index contributed by atoms with van der Waals surface area (Å²) in [7, 11) is 0. The number of aliphatic carboxylic acids is 2. The third kappa shape index (κ3) is 4.85. The molecule has 0 heterocycles. The molecule has 0 bridgehead atoms. The average molecular weight is 474 g/mol. The summed E-state index contributed by atoms with van der Waals surface area (Å²) >= 11 is 0.